The van der Waals surface area contributed by atoms with E-state index in [-0.39, 0.29) is 5.91 Å². The summed E-state index contributed by atoms with van der Waals surface area (Å²) in [5.74, 6) is 0.149. The number of nitrogens with zero attached hydrogens (tertiary/aromatic N) is 1. The summed E-state index contributed by atoms with van der Waals surface area (Å²) in [6, 6.07) is 10.3. The second-order valence-electron chi connectivity index (χ2n) is 5.85. The molecule has 0 atom stereocenters. The van der Waals surface area contributed by atoms with E-state index in [1.165, 1.54) is 11.1 Å². The Balaban J connectivity index is 1.98. The Hall–Kier alpha value is -1.61. The van der Waals surface area contributed by atoms with Crippen LogP contribution in [-0.4, -0.2) is 29.4 Å². The van der Waals surface area contributed by atoms with Crippen LogP contribution < -0.4 is 5.73 Å². The maximum atomic E-state index is 12.1. The summed E-state index contributed by atoms with van der Waals surface area (Å²) in [6.45, 7) is 5.26. The second-order valence-corrected chi connectivity index (χ2v) is 5.85. The van der Waals surface area contributed by atoms with E-state index in [0.717, 1.165) is 13.0 Å². The zero-order chi connectivity index (χ0) is 13.9. The predicted octanol–water partition coefficient (Wildman–Crippen LogP) is 2.43. The topological polar surface area (TPSA) is 46.3 Å². The molecule has 2 rings (SSSR count). The van der Waals surface area contributed by atoms with Gasteiger partial charge in [-0.15, -0.1) is 0 Å². The maximum absolute atomic E-state index is 12.1. The molecule has 19 heavy (non-hydrogen) atoms. The number of benzene rings is 1. The molecule has 1 aliphatic heterocycles. The summed E-state index contributed by atoms with van der Waals surface area (Å²) in [7, 11) is 0. The molecule has 1 aliphatic rings. The number of carbonyl (C=O) groups excluding carboxylic acids is 1. The van der Waals surface area contributed by atoms with Crippen LogP contribution >= 0.6 is 0 Å². The third kappa shape index (κ3) is 3.93. The highest BCUT2D eigenvalue weighted by Gasteiger charge is 2.23. The zero-order valence-corrected chi connectivity index (χ0v) is 11.7. The van der Waals surface area contributed by atoms with E-state index >= 15 is 0 Å². The number of carbonyl (C=O) groups is 1. The molecule has 1 aromatic carbocycles. The average molecular weight is 258 g/mol. The van der Waals surface area contributed by atoms with Crippen molar-refractivity contribution >= 4 is 11.5 Å². The van der Waals surface area contributed by atoms with Crippen molar-refractivity contribution in [1.82, 2.24) is 4.90 Å². The smallest absolute Gasteiger partial charge is 0.224 e. The molecule has 0 radical (unpaired) electrons. The summed E-state index contributed by atoms with van der Waals surface area (Å²) >= 11 is 0. The summed E-state index contributed by atoms with van der Waals surface area (Å²) < 4.78 is 0. The number of nitrogens with two attached hydrogens (primary N) is 1. The fourth-order valence-corrected chi connectivity index (χ4v) is 2.31. The minimum absolute atomic E-state index is 0.149. The van der Waals surface area contributed by atoms with Crippen molar-refractivity contribution in [3.05, 3.63) is 42.0 Å². The lowest BCUT2D eigenvalue weighted by molar-refractivity contribution is -0.131. The Morgan fingerprint density at radius 1 is 1.32 bits per heavy atom. The van der Waals surface area contributed by atoms with Crippen LogP contribution in [-0.2, 0) is 4.79 Å². The Morgan fingerprint density at radius 3 is 2.53 bits per heavy atom. The third-order valence-electron chi connectivity index (χ3n) is 3.31. The Kier molecular flexibility index (Phi) is 4.05. The summed E-state index contributed by atoms with van der Waals surface area (Å²) in [5.41, 5.74) is 8.06. The first-order chi connectivity index (χ1) is 8.96. The highest BCUT2D eigenvalue weighted by atomic mass is 16.2. The third-order valence-corrected chi connectivity index (χ3v) is 3.31. The van der Waals surface area contributed by atoms with Crippen molar-refractivity contribution < 1.29 is 4.79 Å². The first-order valence-electron chi connectivity index (χ1n) is 6.77. The number of amides is 1. The van der Waals surface area contributed by atoms with Crippen LogP contribution in [0.15, 0.2) is 36.4 Å². The lowest BCUT2D eigenvalue weighted by atomic mass is 9.97. The van der Waals surface area contributed by atoms with Crippen molar-refractivity contribution in [1.29, 1.82) is 0 Å². The van der Waals surface area contributed by atoms with E-state index in [4.69, 9.17) is 5.73 Å². The van der Waals surface area contributed by atoms with Gasteiger partial charge in [-0.25, -0.2) is 0 Å². The standard InChI is InChI=1S/C16H22N2O/c1-16(2,17)12-15(19)18-10-8-14(9-11-18)13-6-4-3-5-7-13/h3-8H,9-12,17H2,1-2H3. The van der Waals surface area contributed by atoms with Crippen molar-refractivity contribution in [3.8, 4) is 0 Å². The number of hydrogen-bond acceptors (Lipinski definition) is 2. The van der Waals surface area contributed by atoms with Crippen molar-refractivity contribution in [2.24, 2.45) is 5.73 Å². The Morgan fingerprint density at radius 2 is 2.00 bits per heavy atom. The van der Waals surface area contributed by atoms with Gasteiger partial charge in [-0.2, -0.15) is 0 Å². The van der Waals surface area contributed by atoms with Crippen molar-refractivity contribution in [3.63, 3.8) is 0 Å². The fraction of sp³-hybridized carbons (Fsp3) is 0.438. The molecule has 3 nitrogen and oxygen atoms in total. The van der Waals surface area contributed by atoms with Crippen LogP contribution in [0.3, 0.4) is 0 Å². The van der Waals surface area contributed by atoms with E-state index in [9.17, 15) is 4.79 Å². The van der Waals surface area contributed by atoms with E-state index in [2.05, 4.69) is 18.2 Å². The van der Waals surface area contributed by atoms with Gasteiger partial charge in [0.25, 0.3) is 0 Å². The molecule has 0 unspecified atom stereocenters. The lowest BCUT2D eigenvalue weighted by Gasteiger charge is -2.29. The summed E-state index contributed by atoms with van der Waals surface area (Å²) in [4.78, 5) is 14.0. The summed E-state index contributed by atoms with van der Waals surface area (Å²) in [6.07, 6.45) is 3.47. The normalized spacial score (nSPS) is 16.2. The van der Waals surface area contributed by atoms with Crippen LogP contribution in [0.2, 0.25) is 0 Å². The van der Waals surface area contributed by atoms with Crippen LogP contribution in [0.25, 0.3) is 5.57 Å². The lowest BCUT2D eigenvalue weighted by Crippen LogP contribution is -2.42. The zero-order valence-electron chi connectivity index (χ0n) is 11.7. The molecule has 0 aromatic heterocycles. The van der Waals surface area contributed by atoms with Crippen LogP contribution in [0, 0.1) is 0 Å². The van der Waals surface area contributed by atoms with Crippen LogP contribution in [0.4, 0.5) is 0 Å². The molecule has 0 bridgehead atoms. The molecular formula is C16H22N2O. The average Bonchev–Trinajstić information content (AvgIpc) is 2.38. The van der Waals surface area contributed by atoms with Gasteiger partial charge in [0.15, 0.2) is 0 Å². The second kappa shape index (κ2) is 5.57. The SMILES string of the molecule is CC(C)(N)CC(=O)N1CC=C(c2ccccc2)CC1. The minimum atomic E-state index is -0.430. The molecule has 0 fully saturated rings. The highest BCUT2D eigenvalue weighted by Crippen LogP contribution is 2.22. The quantitative estimate of drug-likeness (QED) is 0.905. The fourth-order valence-electron chi connectivity index (χ4n) is 2.31. The van der Waals surface area contributed by atoms with Gasteiger partial charge in [0.1, 0.15) is 0 Å². The van der Waals surface area contributed by atoms with Crippen LogP contribution in [0.1, 0.15) is 32.3 Å². The van der Waals surface area contributed by atoms with Crippen molar-refractivity contribution in [2.75, 3.05) is 13.1 Å². The molecule has 0 saturated heterocycles. The molecule has 3 heteroatoms. The molecule has 1 aromatic rings. The van der Waals surface area contributed by atoms with E-state index in [1.807, 2.05) is 36.9 Å². The van der Waals surface area contributed by atoms with Gasteiger partial charge in [0, 0.05) is 25.0 Å². The maximum Gasteiger partial charge on any atom is 0.224 e. The van der Waals surface area contributed by atoms with E-state index in [1.54, 1.807) is 0 Å². The van der Waals surface area contributed by atoms with Gasteiger partial charge in [0.2, 0.25) is 5.91 Å². The monoisotopic (exact) mass is 258 g/mol. The largest absolute Gasteiger partial charge is 0.339 e. The number of hydrogen-bond donors (Lipinski definition) is 1. The van der Waals surface area contributed by atoms with Crippen LogP contribution in [0.5, 0.6) is 0 Å². The van der Waals surface area contributed by atoms with Gasteiger partial charge in [-0.1, -0.05) is 36.4 Å². The van der Waals surface area contributed by atoms with Gasteiger partial charge < -0.3 is 10.6 Å². The first-order valence-corrected chi connectivity index (χ1v) is 6.77. The first kappa shape index (κ1) is 13.8. The van der Waals surface area contributed by atoms with Gasteiger partial charge in [-0.3, -0.25) is 4.79 Å². The summed E-state index contributed by atoms with van der Waals surface area (Å²) in [5, 5.41) is 0. The molecule has 0 spiro atoms. The molecule has 1 amide bonds. The minimum Gasteiger partial charge on any atom is -0.339 e. The van der Waals surface area contributed by atoms with Gasteiger partial charge in [-0.05, 0) is 31.4 Å². The molecular weight excluding hydrogens is 236 g/mol. The van der Waals surface area contributed by atoms with Gasteiger partial charge >= 0.3 is 0 Å². The van der Waals surface area contributed by atoms with E-state index in [0.29, 0.717) is 13.0 Å². The van der Waals surface area contributed by atoms with E-state index < -0.39 is 5.54 Å². The highest BCUT2D eigenvalue weighted by molar-refractivity contribution is 5.79. The van der Waals surface area contributed by atoms with Gasteiger partial charge in [0.05, 0.1) is 0 Å². The molecule has 0 aliphatic carbocycles. The Labute approximate surface area is 115 Å². The predicted molar refractivity (Wildman–Crippen MR) is 78.5 cm³/mol. The molecule has 2 N–H and O–H groups in total. The number of rotatable bonds is 3. The van der Waals surface area contributed by atoms with Crippen molar-refractivity contribution in [2.45, 2.75) is 32.2 Å². The molecule has 1 heterocycles. The molecule has 0 saturated carbocycles. The Bertz CT molecular complexity index is 471. The molecule has 102 valence electrons.